The summed E-state index contributed by atoms with van der Waals surface area (Å²) in [7, 11) is -9.73. The predicted octanol–water partition coefficient (Wildman–Crippen LogP) is -0.116. The van der Waals surface area contributed by atoms with Crippen LogP contribution in [0, 0.1) is 0 Å². The Hall–Kier alpha value is -2.65. The molecule has 13 heteroatoms. The Kier molecular flexibility index (Phi) is 5.55. The second-order valence-corrected chi connectivity index (χ2v) is 7.73. The highest BCUT2D eigenvalue weighted by molar-refractivity contribution is 7.44. The number of rotatable bonds is 6. The van der Waals surface area contributed by atoms with Crippen molar-refractivity contribution in [3.63, 3.8) is 0 Å². The van der Waals surface area contributed by atoms with Crippen LogP contribution >= 0.6 is 15.6 Å². The van der Waals surface area contributed by atoms with E-state index in [1.165, 1.54) is 19.2 Å². The van der Waals surface area contributed by atoms with Crippen LogP contribution < -0.4 is 38.8 Å². The molecule has 0 radical (unpaired) electrons. The zero-order valence-corrected chi connectivity index (χ0v) is 16.2. The first kappa shape index (κ1) is 21.1. The summed E-state index contributed by atoms with van der Waals surface area (Å²) in [4.78, 5) is 56.7. The molecule has 0 amide bonds. The highest BCUT2D eigenvalue weighted by Crippen LogP contribution is 2.40. The highest BCUT2D eigenvalue weighted by Gasteiger charge is 2.17. The van der Waals surface area contributed by atoms with Crippen molar-refractivity contribution in [2.45, 2.75) is 0 Å². The molecular formula is C16H10O11P2-4. The third-order valence-corrected chi connectivity index (χ3v) is 4.50. The van der Waals surface area contributed by atoms with E-state index in [9.17, 15) is 33.5 Å². The Balaban J connectivity index is 2.24. The first-order chi connectivity index (χ1) is 13.5. The number of benzene rings is 2. The van der Waals surface area contributed by atoms with Gasteiger partial charge >= 0.3 is 0 Å². The number of hydrogen-bond acceptors (Lipinski definition) is 11. The number of fused-ring (bicyclic) bond motifs is 1. The summed E-state index contributed by atoms with van der Waals surface area (Å²) in [5.41, 5.74) is -0.784. The molecule has 1 heterocycles. The molecule has 0 atom stereocenters. The van der Waals surface area contributed by atoms with E-state index in [1.807, 2.05) is 0 Å². The molecule has 0 saturated carbocycles. The molecule has 0 N–H and O–H groups in total. The normalized spacial score (nSPS) is 12.0. The molecule has 29 heavy (non-hydrogen) atoms. The molecule has 2 aromatic carbocycles. The molecule has 0 spiro atoms. The summed E-state index contributed by atoms with van der Waals surface area (Å²) in [5, 5.41) is -0.468. The number of ether oxygens (including phenoxy) is 1. The lowest BCUT2D eigenvalue weighted by Crippen LogP contribution is -2.20. The first-order valence-corrected chi connectivity index (χ1v) is 10.6. The second kappa shape index (κ2) is 7.64. The van der Waals surface area contributed by atoms with Crippen LogP contribution in [0.1, 0.15) is 0 Å². The summed E-state index contributed by atoms with van der Waals surface area (Å²) in [5.74, 6) is -1.03. The van der Waals surface area contributed by atoms with Crippen molar-refractivity contribution >= 4 is 26.6 Å². The summed E-state index contributed by atoms with van der Waals surface area (Å²) in [6.45, 7) is 0. The van der Waals surface area contributed by atoms with E-state index in [-0.39, 0.29) is 11.1 Å². The Morgan fingerprint density at radius 1 is 0.897 bits per heavy atom. The molecule has 0 unspecified atom stereocenters. The molecule has 0 fully saturated rings. The number of methoxy groups -OCH3 is 1. The fraction of sp³-hybridized carbons (Fsp3) is 0.0625. The van der Waals surface area contributed by atoms with Crippen LogP contribution in [0.15, 0.2) is 51.9 Å². The second-order valence-electron chi connectivity index (χ2n) is 5.58. The van der Waals surface area contributed by atoms with Crippen molar-refractivity contribution in [3.8, 4) is 28.4 Å². The van der Waals surface area contributed by atoms with E-state index in [0.29, 0.717) is 17.4 Å². The maximum atomic E-state index is 12.9. The van der Waals surface area contributed by atoms with E-state index in [2.05, 4.69) is 9.05 Å². The molecule has 0 aliphatic heterocycles. The topological polar surface area (TPSA) is 184 Å². The summed E-state index contributed by atoms with van der Waals surface area (Å²) in [6.07, 6.45) is 1.03. The average molecular weight is 440 g/mol. The minimum Gasteiger partial charge on any atom is -0.780 e. The van der Waals surface area contributed by atoms with Crippen LogP contribution in [-0.2, 0) is 9.13 Å². The summed E-state index contributed by atoms with van der Waals surface area (Å²) in [6, 6.07) is 7.68. The van der Waals surface area contributed by atoms with Gasteiger partial charge in [0.1, 0.15) is 50.1 Å². The zero-order chi connectivity index (χ0) is 21.4. The zero-order valence-electron chi connectivity index (χ0n) is 14.4. The lowest BCUT2D eigenvalue weighted by atomic mass is 10.0. The molecule has 3 rings (SSSR count). The molecule has 1 aromatic heterocycles. The van der Waals surface area contributed by atoms with E-state index < -0.39 is 38.0 Å². The Bertz CT molecular complexity index is 1200. The lowest BCUT2D eigenvalue weighted by Gasteiger charge is -2.31. The van der Waals surface area contributed by atoms with Crippen LogP contribution in [0.4, 0.5) is 0 Å². The van der Waals surface area contributed by atoms with Crippen LogP contribution in [-0.4, -0.2) is 7.11 Å². The highest BCUT2D eigenvalue weighted by atomic mass is 31.2. The van der Waals surface area contributed by atoms with Gasteiger partial charge in [0, 0.05) is 12.1 Å². The van der Waals surface area contributed by atoms with Gasteiger partial charge in [-0.1, -0.05) is 12.1 Å². The Labute approximate surface area is 162 Å². The smallest absolute Gasteiger partial charge is 0.204 e. The van der Waals surface area contributed by atoms with Gasteiger partial charge in [-0.25, -0.2) is 0 Å². The van der Waals surface area contributed by atoms with Crippen molar-refractivity contribution in [1.29, 1.82) is 0 Å². The monoisotopic (exact) mass is 440 g/mol. The fourth-order valence-corrected chi connectivity index (χ4v) is 3.29. The Morgan fingerprint density at radius 3 is 2.07 bits per heavy atom. The largest absolute Gasteiger partial charge is 0.780 e. The van der Waals surface area contributed by atoms with Gasteiger partial charge in [0.2, 0.25) is 5.43 Å². The van der Waals surface area contributed by atoms with Crippen LogP contribution in [0.25, 0.3) is 22.1 Å². The maximum absolute atomic E-state index is 12.9. The van der Waals surface area contributed by atoms with E-state index in [1.54, 1.807) is 12.1 Å². The third-order valence-electron chi connectivity index (χ3n) is 3.64. The van der Waals surface area contributed by atoms with Gasteiger partial charge in [-0.3, -0.25) is 4.79 Å². The lowest BCUT2D eigenvalue weighted by molar-refractivity contribution is -0.335. The van der Waals surface area contributed by atoms with E-state index in [0.717, 1.165) is 12.3 Å². The molecule has 0 aliphatic carbocycles. The van der Waals surface area contributed by atoms with E-state index >= 15 is 0 Å². The van der Waals surface area contributed by atoms with Crippen LogP contribution in [0.3, 0.4) is 0 Å². The van der Waals surface area contributed by atoms with E-state index in [4.69, 9.17) is 9.15 Å². The maximum Gasteiger partial charge on any atom is 0.204 e. The summed E-state index contributed by atoms with van der Waals surface area (Å²) >= 11 is 0. The van der Waals surface area contributed by atoms with Crippen LogP contribution in [0.5, 0.6) is 17.2 Å². The molecular weight excluding hydrogens is 430 g/mol. The molecule has 0 bridgehead atoms. The van der Waals surface area contributed by atoms with Gasteiger partial charge < -0.3 is 46.9 Å². The minimum absolute atomic E-state index is 0.0105. The van der Waals surface area contributed by atoms with Gasteiger partial charge in [-0.15, -0.1) is 0 Å². The first-order valence-electron chi connectivity index (χ1n) is 7.64. The standard InChI is InChI=1S/C16H14O11P2/c1-24-10-4-2-9(3-5-10)12-8-25-13-6-11(26-28(18,19)20)7-14(15(13)16(12)17)27-29(21,22)23/h2-8H,1H3,(H2,18,19,20)(H2,21,22,23)/p-4. The molecule has 3 aromatic rings. The average Bonchev–Trinajstić information content (AvgIpc) is 2.59. The van der Waals surface area contributed by atoms with Gasteiger partial charge in [0.25, 0.3) is 0 Å². The quantitative estimate of drug-likeness (QED) is 0.466. The third kappa shape index (κ3) is 5.04. The minimum atomic E-state index is -5.66. The van der Waals surface area contributed by atoms with Crippen molar-refractivity contribution in [2.24, 2.45) is 0 Å². The summed E-state index contributed by atoms with van der Waals surface area (Å²) < 4.78 is 40.6. The molecule has 0 aliphatic rings. The number of phosphoric ester groups is 2. The molecule has 11 nitrogen and oxygen atoms in total. The van der Waals surface area contributed by atoms with Crippen molar-refractivity contribution in [2.75, 3.05) is 7.11 Å². The van der Waals surface area contributed by atoms with Gasteiger partial charge in [-0.2, -0.15) is 0 Å². The van der Waals surface area contributed by atoms with Crippen molar-refractivity contribution < 1.29 is 46.9 Å². The van der Waals surface area contributed by atoms with Crippen LogP contribution in [0.2, 0.25) is 0 Å². The van der Waals surface area contributed by atoms with Gasteiger partial charge in [0.15, 0.2) is 0 Å². The molecule has 154 valence electrons. The van der Waals surface area contributed by atoms with Gasteiger partial charge in [0.05, 0.1) is 12.7 Å². The van der Waals surface area contributed by atoms with Gasteiger partial charge in [-0.05, 0) is 17.7 Å². The van der Waals surface area contributed by atoms with Crippen molar-refractivity contribution in [3.05, 3.63) is 52.9 Å². The number of phosphoric acid groups is 2. The number of hydrogen-bond donors (Lipinski definition) is 0. The Morgan fingerprint density at radius 2 is 1.52 bits per heavy atom. The molecule has 0 saturated heterocycles. The SMILES string of the molecule is COc1ccc(-c2coc3cc(OP(=O)([O-])[O-])cc(OP(=O)([O-])[O-])c3c2=O)cc1. The van der Waals surface area contributed by atoms with Crippen molar-refractivity contribution in [1.82, 2.24) is 0 Å². The predicted molar refractivity (Wildman–Crippen MR) is 90.9 cm³/mol. The fourth-order valence-electron chi connectivity index (χ4n) is 2.54.